The third-order valence-electron chi connectivity index (χ3n) is 3.62. The molecular formula is C17H18N2O7. The van der Waals surface area contributed by atoms with Gasteiger partial charge < -0.3 is 19.2 Å². The fourth-order valence-electron chi connectivity index (χ4n) is 2.36. The van der Waals surface area contributed by atoms with Gasteiger partial charge in [0.2, 0.25) is 0 Å². The Balaban J connectivity index is 2.36. The molecule has 2 aromatic rings. The fraction of sp³-hybridized carbons (Fsp3) is 0.294. The summed E-state index contributed by atoms with van der Waals surface area (Å²) in [6.07, 6.45) is 0. The van der Waals surface area contributed by atoms with E-state index in [0.717, 1.165) is 18.2 Å². The number of methoxy groups -OCH3 is 1. The normalized spacial score (nSPS) is 10.5. The van der Waals surface area contributed by atoms with E-state index in [2.05, 4.69) is 0 Å². The summed E-state index contributed by atoms with van der Waals surface area (Å²) in [6, 6.07) is 6.56. The van der Waals surface area contributed by atoms with Crippen molar-refractivity contribution in [3.05, 3.63) is 63.1 Å². The van der Waals surface area contributed by atoms with Crippen molar-refractivity contribution in [2.45, 2.75) is 13.5 Å². The SMILES string of the molecule is COCCN(Cc1ccc(C)o1)C(=O)c1cc(C(=O)O)cc([N+](=O)[O-])c1. The predicted octanol–water partition coefficient (Wildman–Crippen LogP) is 2.48. The Hall–Kier alpha value is -3.20. The first-order valence-corrected chi connectivity index (χ1v) is 7.68. The van der Waals surface area contributed by atoms with Crippen LogP contribution in [0, 0.1) is 17.0 Å². The van der Waals surface area contributed by atoms with Crippen LogP contribution in [0.25, 0.3) is 0 Å². The Kier molecular flexibility index (Phi) is 6.07. The van der Waals surface area contributed by atoms with Gasteiger partial charge in [0, 0.05) is 31.4 Å². The van der Waals surface area contributed by atoms with Crippen molar-refractivity contribution in [1.82, 2.24) is 4.90 Å². The van der Waals surface area contributed by atoms with Crippen molar-refractivity contribution in [1.29, 1.82) is 0 Å². The van der Waals surface area contributed by atoms with Gasteiger partial charge in [0.25, 0.3) is 11.6 Å². The van der Waals surface area contributed by atoms with E-state index in [1.807, 2.05) is 0 Å². The summed E-state index contributed by atoms with van der Waals surface area (Å²) in [5, 5.41) is 20.2. The number of amides is 1. The van der Waals surface area contributed by atoms with Gasteiger partial charge in [-0.3, -0.25) is 14.9 Å². The second-order valence-electron chi connectivity index (χ2n) is 5.56. The van der Waals surface area contributed by atoms with Crippen molar-refractivity contribution in [2.75, 3.05) is 20.3 Å². The van der Waals surface area contributed by atoms with Gasteiger partial charge in [0.1, 0.15) is 11.5 Å². The number of nitrogens with zero attached hydrogens (tertiary/aromatic N) is 2. The summed E-state index contributed by atoms with van der Waals surface area (Å²) in [7, 11) is 1.48. The molecule has 9 heteroatoms. The standard InChI is InChI=1S/C17H18N2O7/c1-11-3-4-15(26-11)10-18(5-6-25-2)16(20)12-7-13(17(21)22)9-14(8-12)19(23)24/h3-4,7-9H,5-6,10H2,1-2H3,(H,21,22). The summed E-state index contributed by atoms with van der Waals surface area (Å²) < 4.78 is 10.5. The summed E-state index contributed by atoms with van der Waals surface area (Å²) in [5.41, 5.74) is -0.882. The number of ether oxygens (including phenoxy) is 1. The van der Waals surface area contributed by atoms with Crippen LogP contribution in [0.4, 0.5) is 5.69 Å². The van der Waals surface area contributed by atoms with Crippen LogP contribution in [-0.2, 0) is 11.3 Å². The number of aryl methyl sites for hydroxylation is 1. The highest BCUT2D eigenvalue weighted by Gasteiger charge is 2.22. The van der Waals surface area contributed by atoms with E-state index in [9.17, 15) is 19.7 Å². The molecule has 0 saturated carbocycles. The smallest absolute Gasteiger partial charge is 0.335 e. The van der Waals surface area contributed by atoms with Crippen molar-refractivity contribution in [2.24, 2.45) is 0 Å². The molecule has 1 aromatic heterocycles. The highest BCUT2D eigenvalue weighted by Crippen LogP contribution is 2.20. The Bertz CT molecular complexity index is 796. The lowest BCUT2D eigenvalue weighted by Gasteiger charge is -2.21. The summed E-state index contributed by atoms with van der Waals surface area (Å²) >= 11 is 0. The molecule has 0 unspecified atom stereocenters. The van der Waals surface area contributed by atoms with E-state index in [4.69, 9.17) is 14.3 Å². The Labute approximate surface area is 148 Å². The van der Waals surface area contributed by atoms with Gasteiger partial charge >= 0.3 is 5.97 Å². The maximum Gasteiger partial charge on any atom is 0.335 e. The number of carboxylic acids is 1. The van der Waals surface area contributed by atoms with Gasteiger partial charge in [-0.2, -0.15) is 0 Å². The maximum atomic E-state index is 12.8. The number of nitro benzene ring substituents is 1. The molecule has 1 heterocycles. The average Bonchev–Trinajstić information content (AvgIpc) is 3.02. The lowest BCUT2D eigenvalue weighted by molar-refractivity contribution is -0.384. The van der Waals surface area contributed by atoms with Crippen LogP contribution in [0.2, 0.25) is 0 Å². The lowest BCUT2D eigenvalue weighted by Crippen LogP contribution is -2.33. The highest BCUT2D eigenvalue weighted by molar-refractivity contribution is 5.98. The number of hydrogen-bond donors (Lipinski definition) is 1. The maximum absolute atomic E-state index is 12.8. The van der Waals surface area contributed by atoms with Crippen LogP contribution in [-0.4, -0.2) is 47.1 Å². The molecule has 1 aromatic carbocycles. The average molecular weight is 362 g/mol. The van der Waals surface area contributed by atoms with Crippen LogP contribution in [0.5, 0.6) is 0 Å². The number of hydrogen-bond acceptors (Lipinski definition) is 6. The summed E-state index contributed by atoms with van der Waals surface area (Å²) in [6.45, 7) is 2.35. The van der Waals surface area contributed by atoms with Gasteiger partial charge in [-0.05, 0) is 25.1 Å². The summed E-state index contributed by atoms with van der Waals surface area (Å²) in [5.74, 6) is -0.686. The molecule has 2 rings (SSSR count). The molecular weight excluding hydrogens is 344 g/mol. The van der Waals surface area contributed by atoms with E-state index in [1.54, 1.807) is 19.1 Å². The minimum atomic E-state index is -1.35. The molecule has 0 fully saturated rings. The quantitative estimate of drug-likeness (QED) is 0.565. The number of nitro groups is 1. The van der Waals surface area contributed by atoms with E-state index >= 15 is 0 Å². The molecule has 1 amide bonds. The Morgan fingerprint density at radius 1 is 1.27 bits per heavy atom. The van der Waals surface area contributed by atoms with Crippen molar-refractivity contribution >= 4 is 17.6 Å². The number of non-ortho nitro benzene ring substituents is 1. The topological polar surface area (TPSA) is 123 Å². The minimum absolute atomic E-state index is 0.0871. The number of furan rings is 1. The molecule has 0 saturated heterocycles. The van der Waals surface area contributed by atoms with Gasteiger partial charge in [-0.1, -0.05) is 0 Å². The van der Waals surface area contributed by atoms with Crippen LogP contribution in [0.15, 0.2) is 34.7 Å². The number of benzene rings is 1. The molecule has 0 bridgehead atoms. The first kappa shape index (κ1) is 19.1. The minimum Gasteiger partial charge on any atom is -0.478 e. The number of carbonyl (C=O) groups excluding carboxylic acids is 1. The third kappa shape index (κ3) is 4.67. The summed E-state index contributed by atoms with van der Waals surface area (Å²) in [4.78, 5) is 35.7. The van der Waals surface area contributed by atoms with Crippen molar-refractivity contribution in [3.8, 4) is 0 Å². The molecule has 0 aliphatic rings. The van der Waals surface area contributed by atoms with Crippen LogP contribution < -0.4 is 0 Å². The monoisotopic (exact) mass is 362 g/mol. The molecule has 138 valence electrons. The van der Waals surface area contributed by atoms with Crippen molar-refractivity contribution in [3.63, 3.8) is 0 Å². The van der Waals surface area contributed by atoms with Crippen LogP contribution in [0.3, 0.4) is 0 Å². The zero-order valence-corrected chi connectivity index (χ0v) is 14.3. The fourth-order valence-corrected chi connectivity index (χ4v) is 2.36. The second-order valence-corrected chi connectivity index (χ2v) is 5.56. The number of aromatic carboxylic acids is 1. The largest absolute Gasteiger partial charge is 0.478 e. The molecule has 26 heavy (non-hydrogen) atoms. The molecule has 9 nitrogen and oxygen atoms in total. The number of rotatable bonds is 8. The Morgan fingerprint density at radius 3 is 2.50 bits per heavy atom. The Morgan fingerprint density at radius 2 is 1.96 bits per heavy atom. The molecule has 0 aliphatic heterocycles. The highest BCUT2D eigenvalue weighted by atomic mass is 16.6. The number of carbonyl (C=O) groups is 2. The van der Waals surface area contributed by atoms with E-state index in [-0.39, 0.29) is 30.8 Å². The van der Waals surface area contributed by atoms with Gasteiger partial charge in [0.05, 0.1) is 23.6 Å². The van der Waals surface area contributed by atoms with Crippen LogP contribution >= 0.6 is 0 Å². The molecule has 0 atom stereocenters. The predicted molar refractivity (Wildman–Crippen MR) is 90.1 cm³/mol. The van der Waals surface area contributed by atoms with E-state index in [0.29, 0.717) is 11.5 Å². The zero-order valence-electron chi connectivity index (χ0n) is 14.3. The third-order valence-corrected chi connectivity index (χ3v) is 3.62. The molecule has 0 aliphatic carbocycles. The zero-order chi connectivity index (χ0) is 19.3. The van der Waals surface area contributed by atoms with E-state index in [1.165, 1.54) is 12.0 Å². The van der Waals surface area contributed by atoms with Gasteiger partial charge in [-0.25, -0.2) is 4.79 Å². The lowest BCUT2D eigenvalue weighted by atomic mass is 10.1. The van der Waals surface area contributed by atoms with Crippen molar-refractivity contribution < 1.29 is 28.8 Å². The van der Waals surface area contributed by atoms with E-state index < -0.39 is 22.5 Å². The van der Waals surface area contributed by atoms with Crippen LogP contribution in [0.1, 0.15) is 32.2 Å². The number of carboxylic acid groups (broad SMARTS) is 1. The second kappa shape index (κ2) is 8.26. The van der Waals surface area contributed by atoms with Gasteiger partial charge in [-0.15, -0.1) is 0 Å². The first-order valence-electron chi connectivity index (χ1n) is 7.68. The molecule has 0 radical (unpaired) electrons. The first-order chi connectivity index (χ1) is 12.3. The van der Waals surface area contributed by atoms with Gasteiger partial charge in [0.15, 0.2) is 0 Å². The molecule has 0 spiro atoms. The molecule has 1 N–H and O–H groups in total.